The Kier molecular flexibility index (Phi) is 8.49. The SMILES string of the molecule is CO[Si](CCCSC(=O)C(F)(F)C(F)(F)C(F)(F)C(F)(F)F)(OC)OC. The first-order chi connectivity index (χ1) is 11.6. The van der Waals surface area contributed by atoms with Crippen LogP contribution in [-0.2, 0) is 18.1 Å². The van der Waals surface area contributed by atoms with Crippen molar-refractivity contribution >= 4 is 25.7 Å². The van der Waals surface area contributed by atoms with Crippen molar-refractivity contribution in [2.75, 3.05) is 27.1 Å². The molecular weight excluding hydrogens is 427 g/mol. The summed E-state index contributed by atoms with van der Waals surface area (Å²) in [5.41, 5.74) is 0. The lowest BCUT2D eigenvalue weighted by Crippen LogP contribution is -2.63. The van der Waals surface area contributed by atoms with Crippen LogP contribution in [0.1, 0.15) is 6.42 Å². The van der Waals surface area contributed by atoms with Crippen LogP contribution in [0.4, 0.5) is 39.5 Å². The minimum Gasteiger partial charge on any atom is -0.377 e. The van der Waals surface area contributed by atoms with Gasteiger partial charge in [-0.1, -0.05) is 11.8 Å². The average Bonchev–Trinajstić information content (AvgIpc) is 2.54. The van der Waals surface area contributed by atoms with Crippen LogP contribution < -0.4 is 0 Å². The molecule has 0 aromatic rings. The number of hydrogen-bond acceptors (Lipinski definition) is 5. The van der Waals surface area contributed by atoms with Gasteiger partial charge in [-0.15, -0.1) is 0 Å². The second-order valence-corrected chi connectivity index (χ2v) is 8.91. The quantitative estimate of drug-likeness (QED) is 0.291. The highest BCUT2D eigenvalue weighted by molar-refractivity contribution is 8.13. The standard InChI is InChI=1S/C11H15F9O4SSi/c1-22-26(23-2,24-3)6-4-5-25-7(21)8(12,13)9(14,15)10(16,17)11(18,19)20/h4-6H2,1-3H3. The van der Waals surface area contributed by atoms with Gasteiger partial charge >= 0.3 is 32.7 Å². The predicted molar refractivity (Wildman–Crippen MR) is 74.6 cm³/mol. The van der Waals surface area contributed by atoms with Crippen molar-refractivity contribution in [3.63, 3.8) is 0 Å². The van der Waals surface area contributed by atoms with E-state index in [0.29, 0.717) is 0 Å². The zero-order valence-electron chi connectivity index (χ0n) is 13.6. The number of thioether (sulfide) groups is 1. The number of carbonyl (C=O) groups is 1. The molecule has 0 N–H and O–H groups in total. The van der Waals surface area contributed by atoms with Crippen LogP contribution in [0.15, 0.2) is 0 Å². The van der Waals surface area contributed by atoms with E-state index in [1.54, 1.807) is 0 Å². The van der Waals surface area contributed by atoms with Crippen molar-refractivity contribution in [1.82, 2.24) is 0 Å². The van der Waals surface area contributed by atoms with E-state index >= 15 is 0 Å². The van der Waals surface area contributed by atoms with Gasteiger partial charge in [0, 0.05) is 33.1 Å². The van der Waals surface area contributed by atoms with Crippen LogP contribution >= 0.6 is 11.8 Å². The number of hydrogen-bond donors (Lipinski definition) is 0. The van der Waals surface area contributed by atoms with E-state index in [1.807, 2.05) is 0 Å². The minimum absolute atomic E-state index is 0.0442. The van der Waals surface area contributed by atoms with E-state index in [2.05, 4.69) is 0 Å². The van der Waals surface area contributed by atoms with Gasteiger partial charge in [-0.05, 0) is 6.42 Å². The number of alkyl halides is 9. The van der Waals surface area contributed by atoms with Crippen molar-refractivity contribution in [3.05, 3.63) is 0 Å². The van der Waals surface area contributed by atoms with E-state index in [-0.39, 0.29) is 12.5 Å². The average molecular weight is 442 g/mol. The molecule has 0 fully saturated rings. The summed E-state index contributed by atoms with van der Waals surface area (Å²) in [6.07, 6.45) is -7.12. The summed E-state index contributed by atoms with van der Waals surface area (Å²) < 4.78 is 129. The fourth-order valence-corrected chi connectivity index (χ4v) is 4.37. The van der Waals surface area contributed by atoms with Gasteiger partial charge in [0.25, 0.3) is 5.12 Å². The molecule has 156 valence electrons. The molecule has 0 radical (unpaired) electrons. The highest BCUT2D eigenvalue weighted by Gasteiger charge is 2.83. The summed E-state index contributed by atoms with van der Waals surface area (Å²) >= 11 is -0.505. The lowest BCUT2D eigenvalue weighted by atomic mass is 10.1. The molecule has 15 heteroatoms. The lowest BCUT2D eigenvalue weighted by Gasteiger charge is -2.32. The number of rotatable bonds is 10. The molecule has 0 amide bonds. The topological polar surface area (TPSA) is 44.8 Å². The van der Waals surface area contributed by atoms with Crippen LogP contribution in [0.3, 0.4) is 0 Å². The molecule has 0 aliphatic carbocycles. The van der Waals surface area contributed by atoms with Gasteiger partial charge in [-0.2, -0.15) is 39.5 Å². The van der Waals surface area contributed by atoms with E-state index in [1.165, 1.54) is 21.3 Å². The van der Waals surface area contributed by atoms with Crippen LogP contribution in [0.5, 0.6) is 0 Å². The van der Waals surface area contributed by atoms with Gasteiger partial charge in [0.1, 0.15) is 0 Å². The van der Waals surface area contributed by atoms with Crippen LogP contribution in [0.2, 0.25) is 6.04 Å². The smallest absolute Gasteiger partial charge is 0.377 e. The molecule has 0 saturated carbocycles. The van der Waals surface area contributed by atoms with Crippen LogP contribution in [0.25, 0.3) is 0 Å². The fourth-order valence-electron chi connectivity index (χ4n) is 1.60. The first kappa shape index (κ1) is 25.5. The van der Waals surface area contributed by atoms with Crippen molar-refractivity contribution in [2.24, 2.45) is 0 Å². The molecule has 0 rings (SSSR count). The zero-order valence-corrected chi connectivity index (χ0v) is 15.4. The monoisotopic (exact) mass is 442 g/mol. The summed E-state index contributed by atoms with van der Waals surface area (Å²) in [4.78, 5) is 11.2. The molecular formula is C11H15F9O4SSi. The summed E-state index contributed by atoms with van der Waals surface area (Å²) in [6, 6.07) is -0.0442. The Morgan fingerprint density at radius 3 is 1.62 bits per heavy atom. The molecule has 0 saturated heterocycles. The van der Waals surface area contributed by atoms with Crippen molar-refractivity contribution in [3.8, 4) is 0 Å². The van der Waals surface area contributed by atoms with Gasteiger partial charge in [-0.25, -0.2) is 0 Å². The Balaban J connectivity index is 5.04. The van der Waals surface area contributed by atoms with Crippen molar-refractivity contribution in [2.45, 2.75) is 36.4 Å². The fraction of sp³-hybridized carbons (Fsp3) is 0.909. The number of carbonyl (C=O) groups excluding carboxylic acids is 1. The Morgan fingerprint density at radius 1 is 0.846 bits per heavy atom. The van der Waals surface area contributed by atoms with Crippen LogP contribution in [0, 0.1) is 0 Å². The van der Waals surface area contributed by atoms with Gasteiger partial charge in [0.15, 0.2) is 0 Å². The first-order valence-electron chi connectivity index (χ1n) is 6.59. The molecule has 26 heavy (non-hydrogen) atoms. The van der Waals surface area contributed by atoms with E-state index in [4.69, 9.17) is 13.3 Å². The molecule has 4 nitrogen and oxygen atoms in total. The first-order valence-corrected chi connectivity index (χ1v) is 9.51. The maximum absolute atomic E-state index is 13.3. The van der Waals surface area contributed by atoms with Crippen molar-refractivity contribution < 1.29 is 57.6 Å². The minimum atomic E-state index is -7.09. The Labute approximate surface area is 147 Å². The van der Waals surface area contributed by atoms with Gasteiger partial charge in [0.2, 0.25) is 0 Å². The third-order valence-corrected chi connectivity index (χ3v) is 7.04. The normalized spacial score (nSPS) is 14.6. The second kappa shape index (κ2) is 8.66. The zero-order chi connectivity index (χ0) is 21.0. The summed E-state index contributed by atoms with van der Waals surface area (Å²) in [5, 5.41) is -2.81. The highest BCUT2D eigenvalue weighted by atomic mass is 32.2. The Morgan fingerprint density at radius 2 is 1.27 bits per heavy atom. The van der Waals surface area contributed by atoms with E-state index in [0.717, 1.165) is 0 Å². The molecule has 0 aromatic heterocycles. The second-order valence-electron chi connectivity index (χ2n) is 4.76. The molecule has 0 aliphatic heterocycles. The summed E-state index contributed by atoms with van der Waals surface area (Å²) in [5.74, 6) is -20.9. The number of halogens is 9. The Bertz CT molecular complexity index is 475. The van der Waals surface area contributed by atoms with Gasteiger partial charge < -0.3 is 13.3 Å². The van der Waals surface area contributed by atoms with Gasteiger partial charge in [0.05, 0.1) is 0 Å². The summed E-state index contributed by atoms with van der Waals surface area (Å²) in [7, 11) is 0.485. The third-order valence-electron chi connectivity index (χ3n) is 3.19. The molecule has 0 aliphatic rings. The maximum Gasteiger partial charge on any atom is 0.500 e. The molecule has 0 bridgehead atoms. The summed E-state index contributed by atoms with van der Waals surface area (Å²) in [6.45, 7) is 0. The van der Waals surface area contributed by atoms with Gasteiger partial charge in [-0.3, -0.25) is 4.79 Å². The Hall–Kier alpha value is -0.513. The van der Waals surface area contributed by atoms with Crippen LogP contribution in [-0.4, -0.2) is 64.9 Å². The molecule has 0 unspecified atom stereocenters. The van der Waals surface area contributed by atoms with Crippen molar-refractivity contribution in [1.29, 1.82) is 0 Å². The third kappa shape index (κ3) is 4.85. The molecule has 0 atom stereocenters. The molecule has 0 aromatic carbocycles. The largest absolute Gasteiger partial charge is 0.500 e. The lowest BCUT2D eigenvalue weighted by molar-refractivity contribution is -0.387. The highest BCUT2D eigenvalue weighted by Crippen LogP contribution is 2.54. The van der Waals surface area contributed by atoms with E-state index in [9.17, 15) is 44.3 Å². The maximum atomic E-state index is 13.3. The predicted octanol–water partition coefficient (Wildman–Crippen LogP) is 3.98. The molecule has 0 spiro atoms. The molecule has 0 heterocycles. The van der Waals surface area contributed by atoms with E-state index < -0.39 is 55.4 Å².